The third kappa shape index (κ3) is 3.40. The van der Waals surface area contributed by atoms with E-state index < -0.39 is 0 Å². The van der Waals surface area contributed by atoms with Gasteiger partial charge in [0.1, 0.15) is 5.75 Å². The van der Waals surface area contributed by atoms with Crippen LogP contribution in [-0.4, -0.2) is 6.10 Å². The van der Waals surface area contributed by atoms with Gasteiger partial charge in [-0.15, -0.1) is 17.8 Å². The first-order valence-electron chi connectivity index (χ1n) is 9.55. The van der Waals surface area contributed by atoms with Gasteiger partial charge >= 0.3 is 0 Å². The number of benzene rings is 2. The average Bonchev–Trinajstić information content (AvgIpc) is 3.29. The van der Waals surface area contributed by atoms with Crippen LogP contribution in [0, 0.1) is 12.3 Å². The summed E-state index contributed by atoms with van der Waals surface area (Å²) in [6.45, 7) is 6.36. The maximum Gasteiger partial charge on any atom is 0.135 e. The van der Waals surface area contributed by atoms with Crippen LogP contribution in [0.3, 0.4) is 0 Å². The van der Waals surface area contributed by atoms with Crippen LogP contribution in [0.4, 0.5) is 0 Å². The van der Waals surface area contributed by atoms with Crippen molar-refractivity contribution in [2.45, 2.75) is 45.6 Å². The predicted molar refractivity (Wildman–Crippen MR) is 116 cm³/mol. The van der Waals surface area contributed by atoms with Crippen molar-refractivity contribution in [3.63, 3.8) is 0 Å². The smallest absolute Gasteiger partial charge is 0.135 e. The molecule has 1 aromatic heterocycles. The number of thiophene rings is 1. The second-order valence-corrected chi connectivity index (χ2v) is 8.45. The van der Waals surface area contributed by atoms with Crippen molar-refractivity contribution >= 4 is 11.3 Å². The fourth-order valence-corrected chi connectivity index (χ4v) is 4.87. The van der Waals surface area contributed by atoms with Crippen molar-refractivity contribution in [3.8, 4) is 39.7 Å². The number of hydrogen-bond acceptors (Lipinski definition) is 2. The molecule has 0 saturated carbocycles. The van der Waals surface area contributed by atoms with Gasteiger partial charge in [-0.25, -0.2) is 0 Å². The van der Waals surface area contributed by atoms with Gasteiger partial charge in [0, 0.05) is 4.88 Å². The van der Waals surface area contributed by atoms with Crippen LogP contribution in [0.1, 0.15) is 49.8 Å². The number of ether oxygens (including phenoxy) is 1. The normalized spacial score (nSPS) is 15.6. The quantitative estimate of drug-likeness (QED) is 0.453. The molecule has 1 heterocycles. The first-order valence-corrected chi connectivity index (χ1v) is 10.4. The molecule has 0 spiro atoms. The van der Waals surface area contributed by atoms with Crippen LogP contribution >= 0.6 is 11.3 Å². The van der Waals surface area contributed by atoms with Gasteiger partial charge in [0.25, 0.3) is 0 Å². The standard InChI is InChI=1S/C25H24OS/c1-5-18-13-19(10-12-24(18)26-16(2)3)20-14-25(27-15-20)23-8-6-7-21-17(4)9-11-22(21)23/h1,6-8,10,12-17H,9,11H2,2-4H3. The van der Waals surface area contributed by atoms with E-state index in [0.29, 0.717) is 5.92 Å². The molecule has 4 rings (SSSR count). The number of rotatable bonds is 4. The van der Waals surface area contributed by atoms with Gasteiger partial charge in [0.15, 0.2) is 0 Å². The third-order valence-corrected chi connectivity index (χ3v) is 6.23. The fourth-order valence-electron chi connectivity index (χ4n) is 3.90. The summed E-state index contributed by atoms with van der Waals surface area (Å²) in [5.41, 5.74) is 7.61. The Hall–Kier alpha value is -2.50. The molecule has 0 aliphatic heterocycles. The first kappa shape index (κ1) is 17.9. The molecule has 2 aromatic carbocycles. The Bertz CT molecular complexity index is 1020. The lowest BCUT2D eigenvalue weighted by molar-refractivity contribution is 0.242. The van der Waals surface area contributed by atoms with E-state index in [4.69, 9.17) is 11.2 Å². The van der Waals surface area contributed by atoms with Gasteiger partial charge < -0.3 is 4.74 Å². The molecule has 136 valence electrons. The van der Waals surface area contributed by atoms with E-state index in [0.717, 1.165) is 16.9 Å². The van der Waals surface area contributed by atoms with Crippen molar-refractivity contribution in [1.82, 2.24) is 0 Å². The molecular weight excluding hydrogens is 348 g/mol. The molecule has 0 radical (unpaired) electrons. The van der Waals surface area contributed by atoms with Gasteiger partial charge in [-0.2, -0.15) is 0 Å². The van der Waals surface area contributed by atoms with Gasteiger partial charge in [0.2, 0.25) is 0 Å². The van der Waals surface area contributed by atoms with Crippen molar-refractivity contribution in [3.05, 3.63) is 64.5 Å². The van der Waals surface area contributed by atoms with E-state index in [9.17, 15) is 0 Å². The Morgan fingerprint density at radius 1 is 1.15 bits per heavy atom. The molecule has 0 saturated heterocycles. The maximum atomic E-state index is 5.82. The minimum Gasteiger partial charge on any atom is -0.490 e. The summed E-state index contributed by atoms with van der Waals surface area (Å²) < 4.78 is 5.82. The molecule has 2 heteroatoms. The summed E-state index contributed by atoms with van der Waals surface area (Å²) in [7, 11) is 0. The first-order chi connectivity index (χ1) is 13.1. The second-order valence-electron chi connectivity index (χ2n) is 7.53. The zero-order valence-electron chi connectivity index (χ0n) is 16.1. The topological polar surface area (TPSA) is 9.23 Å². The number of fused-ring (bicyclic) bond motifs is 1. The molecule has 27 heavy (non-hydrogen) atoms. The summed E-state index contributed by atoms with van der Waals surface area (Å²) in [4.78, 5) is 1.33. The summed E-state index contributed by atoms with van der Waals surface area (Å²) in [6, 6.07) is 15.2. The van der Waals surface area contributed by atoms with Gasteiger partial charge in [-0.05, 0) is 84.0 Å². The van der Waals surface area contributed by atoms with Crippen LogP contribution in [0.15, 0.2) is 47.8 Å². The summed E-state index contributed by atoms with van der Waals surface area (Å²) >= 11 is 1.81. The lowest BCUT2D eigenvalue weighted by Gasteiger charge is -2.12. The van der Waals surface area contributed by atoms with Crippen molar-refractivity contribution in [1.29, 1.82) is 0 Å². The molecule has 1 aliphatic carbocycles. The Morgan fingerprint density at radius 3 is 2.78 bits per heavy atom. The molecule has 0 fully saturated rings. The molecule has 0 N–H and O–H groups in total. The highest BCUT2D eigenvalue weighted by Gasteiger charge is 2.22. The summed E-state index contributed by atoms with van der Waals surface area (Å²) in [5, 5.41) is 2.23. The van der Waals surface area contributed by atoms with Gasteiger partial charge in [-0.3, -0.25) is 0 Å². The van der Waals surface area contributed by atoms with E-state index in [-0.39, 0.29) is 6.10 Å². The molecule has 1 nitrogen and oxygen atoms in total. The average molecular weight is 373 g/mol. The zero-order valence-corrected chi connectivity index (χ0v) is 16.9. The molecule has 0 amide bonds. The molecule has 1 unspecified atom stereocenters. The highest BCUT2D eigenvalue weighted by atomic mass is 32.1. The fraction of sp³-hybridized carbons (Fsp3) is 0.280. The Labute approximate surface area is 166 Å². The van der Waals surface area contributed by atoms with Crippen LogP contribution in [-0.2, 0) is 6.42 Å². The number of terminal acetylenes is 1. The van der Waals surface area contributed by atoms with Crippen LogP contribution in [0.2, 0.25) is 0 Å². The largest absolute Gasteiger partial charge is 0.490 e. The van der Waals surface area contributed by atoms with Crippen molar-refractivity contribution in [2.75, 3.05) is 0 Å². The molecule has 1 aliphatic rings. The lowest BCUT2D eigenvalue weighted by Crippen LogP contribution is -2.06. The highest BCUT2D eigenvalue weighted by molar-refractivity contribution is 7.14. The van der Waals surface area contributed by atoms with Crippen LogP contribution in [0.5, 0.6) is 5.75 Å². The van der Waals surface area contributed by atoms with E-state index in [2.05, 4.69) is 54.6 Å². The predicted octanol–water partition coefficient (Wildman–Crippen LogP) is 6.90. The van der Waals surface area contributed by atoms with E-state index in [1.165, 1.54) is 40.0 Å². The Balaban J connectivity index is 1.69. The SMILES string of the molecule is C#Cc1cc(-c2csc(-c3cccc4c3CCC4C)c2)ccc1OC(C)C. The summed E-state index contributed by atoms with van der Waals surface area (Å²) in [5.74, 6) is 4.22. The van der Waals surface area contributed by atoms with Crippen LogP contribution in [0.25, 0.3) is 21.6 Å². The van der Waals surface area contributed by atoms with Gasteiger partial charge in [0.05, 0.1) is 11.7 Å². The number of hydrogen-bond donors (Lipinski definition) is 0. The summed E-state index contributed by atoms with van der Waals surface area (Å²) in [6.07, 6.45) is 8.27. The maximum absolute atomic E-state index is 5.82. The van der Waals surface area contributed by atoms with Crippen LogP contribution < -0.4 is 4.74 Å². The molecular formula is C25H24OS. The second kappa shape index (κ2) is 7.25. The third-order valence-electron chi connectivity index (χ3n) is 5.27. The monoisotopic (exact) mass is 372 g/mol. The molecule has 3 aromatic rings. The molecule has 1 atom stereocenters. The van der Waals surface area contributed by atoms with E-state index >= 15 is 0 Å². The Morgan fingerprint density at radius 2 is 2.00 bits per heavy atom. The van der Waals surface area contributed by atoms with E-state index in [1.807, 2.05) is 31.3 Å². The van der Waals surface area contributed by atoms with Gasteiger partial charge in [-0.1, -0.05) is 37.1 Å². The van der Waals surface area contributed by atoms with Crippen molar-refractivity contribution < 1.29 is 4.74 Å². The molecule has 0 bridgehead atoms. The minimum atomic E-state index is 0.110. The Kier molecular flexibility index (Phi) is 4.81. The van der Waals surface area contributed by atoms with Crippen molar-refractivity contribution in [2.24, 2.45) is 0 Å². The zero-order chi connectivity index (χ0) is 19.0. The highest BCUT2D eigenvalue weighted by Crippen LogP contribution is 2.42. The minimum absolute atomic E-state index is 0.110. The lowest BCUT2D eigenvalue weighted by atomic mass is 9.98. The van der Waals surface area contributed by atoms with E-state index in [1.54, 1.807) is 0 Å².